The normalized spacial score (nSPS) is 14.6. The van der Waals surface area contributed by atoms with Crippen LogP contribution in [0.2, 0.25) is 5.02 Å². The van der Waals surface area contributed by atoms with E-state index in [1.165, 1.54) is 5.69 Å². The van der Waals surface area contributed by atoms with Gasteiger partial charge in [0.05, 0.1) is 0 Å². The lowest BCUT2D eigenvalue weighted by molar-refractivity contribution is -0.116. The maximum atomic E-state index is 12.4. The predicted octanol–water partition coefficient (Wildman–Crippen LogP) is 4.02. The molecule has 0 saturated carbocycles. The molecule has 1 N–H and O–H groups in total. The fourth-order valence-electron chi connectivity index (χ4n) is 3.65. The summed E-state index contributed by atoms with van der Waals surface area (Å²) in [5.41, 5.74) is 4.01. The Balaban J connectivity index is 1.31. The molecule has 7 nitrogen and oxygen atoms in total. The van der Waals surface area contributed by atoms with E-state index in [0.717, 1.165) is 43.0 Å². The summed E-state index contributed by atoms with van der Waals surface area (Å²) >= 11 is 5.91. The van der Waals surface area contributed by atoms with Gasteiger partial charge in [-0.2, -0.15) is 4.98 Å². The largest absolute Gasteiger partial charge is 0.369 e. The second-order valence-corrected chi connectivity index (χ2v) is 8.29. The van der Waals surface area contributed by atoms with Crippen LogP contribution in [0.15, 0.2) is 47.0 Å². The highest BCUT2D eigenvalue weighted by Gasteiger charge is 2.16. The van der Waals surface area contributed by atoms with Crippen LogP contribution in [0.4, 0.5) is 11.4 Å². The zero-order valence-corrected chi connectivity index (χ0v) is 18.5. The molecule has 0 spiro atoms. The number of amides is 1. The Kier molecular flexibility index (Phi) is 6.53. The summed E-state index contributed by atoms with van der Waals surface area (Å²) in [5.74, 6) is 0.835. The fourth-order valence-corrected chi connectivity index (χ4v) is 3.78. The van der Waals surface area contributed by atoms with Crippen LogP contribution in [-0.4, -0.2) is 54.2 Å². The van der Waals surface area contributed by atoms with Crippen molar-refractivity contribution < 1.29 is 9.32 Å². The Morgan fingerprint density at radius 1 is 1.13 bits per heavy atom. The predicted molar refractivity (Wildman–Crippen MR) is 123 cm³/mol. The number of aryl methyl sites for hydroxylation is 2. The van der Waals surface area contributed by atoms with E-state index in [2.05, 4.69) is 45.3 Å². The van der Waals surface area contributed by atoms with Gasteiger partial charge in [0.15, 0.2) is 0 Å². The van der Waals surface area contributed by atoms with Gasteiger partial charge in [0.2, 0.25) is 17.6 Å². The van der Waals surface area contributed by atoms with Crippen LogP contribution in [0.25, 0.3) is 11.4 Å². The molecule has 1 saturated heterocycles. The van der Waals surface area contributed by atoms with Gasteiger partial charge in [0, 0.05) is 61.0 Å². The van der Waals surface area contributed by atoms with E-state index in [1.54, 1.807) is 12.1 Å². The van der Waals surface area contributed by atoms with Gasteiger partial charge in [-0.25, -0.2) is 0 Å². The minimum atomic E-state index is -0.0852. The van der Waals surface area contributed by atoms with Crippen LogP contribution >= 0.6 is 11.6 Å². The van der Waals surface area contributed by atoms with Crippen LogP contribution in [0.1, 0.15) is 17.9 Å². The van der Waals surface area contributed by atoms with E-state index >= 15 is 0 Å². The van der Waals surface area contributed by atoms with Gasteiger partial charge in [-0.3, -0.25) is 4.79 Å². The highest BCUT2D eigenvalue weighted by Crippen LogP contribution is 2.25. The fraction of sp³-hybridized carbons (Fsp3) is 0.348. The van der Waals surface area contributed by atoms with Crippen molar-refractivity contribution in [2.24, 2.45) is 0 Å². The second-order valence-electron chi connectivity index (χ2n) is 7.86. The first-order valence-electron chi connectivity index (χ1n) is 10.4. The number of halogens is 1. The van der Waals surface area contributed by atoms with Crippen molar-refractivity contribution in [2.45, 2.75) is 19.8 Å². The zero-order chi connectivity index (χ0) is 21.8. The molecule has 2 aromatic carbocycles. The van der Waals surface area contributed by atoms with Crippen molar-refractivity contribution >= 4 is 28.9 Å². The summed E-state index contributed by atoms with van der Waals surface area (Å²) in [6.45, 7) is 6.25. The van der Waals surface area contributed by atoms with Crippen LogP contribution < -0.4 is 10.2 Å². The molecule has 0 unspecified atom stereocenters. The molecule has 1 amide bonds. The molecule has 1 aliphatic rings. The molecule has 2 heterocycles. The van der Waals surface area contributed by atoms with Crippen LogP contribution in [0.3, 0.4) is 0 Å². The van der Waals surface area contributed by atoms with Crippen LogP contribution in [0, 0.1) is 6.92 Å². The highest BCUT2D eigenvalue weighted by molar-refractivity contribution is 6.30. The molecular weight excluding hydrogens is 414 g/mol. The Bertz CT molecular complexity index is 1040. The number of likely N-dealkylation sites (N-methyl/N-ethyl adjacent to an activating group) is 1. The Morgan fingerprint density at radius 3 is 2.58 bits per heavy atom. The van der Waals surface area contributed by atoms with Gasteiger partial charge in [-0.15, -0.1) is 0 Å². The van der Waals surface area contributed by atoms with Crippen molar-refractivity contribution in [3.8, 4) is 11.4 Å². The third-order valence-corrected chi connectivity index (χ3v) is 5.71. The van der Waals surface area contributed by atoms with Crippen molar-refractivity contribution in [1.82, 2.24) is 15.0 Å². The summed E-state index contributed by atoms with van der Waals surface area (Å²) in [6, 6.07) is 13.3. The quantitative estimate of drug-likeness (QED) is 0.625. The van der Waals surface area contributed by atoms with E-state index in [9.17, 15) is 4.79 Å². The second kappa shape index (κ2) is 9.49. The van der Waals surface area contributed by atoms with E-state index in [-0.39, 0.29) is 12.3 Å². The Labute approximate surface area is 187 Å². The van der Waals surface area contributed by atoms with Gasteiger partial charge in [-0.1, -0.05) is 16.8 Å². The average molecular weight is 440 g/mol. The number of nitrogens with one attached hydrogen (secondary N) is 1. The molecule has 162 valence electrons. The van der Waals surface area contributed by atoms with E-state index < -0.39 is 0 Å². The third-order valence-electron chi connectivity index (χ3n) is 5.46. The van der Waals surface area contributed by atoms with Crippen molar-refractivity contribution in [1.29, 1.82) is 0 Å². The molecular formula is C23H26ClN5O2. The first-order chi connectivity index (χ1) is 15.0. The maximum absolute atomic E-state index is 12.4. The number of anilines is 2. The molecule has 1 fully saturated rings. The molecule has 1 aliphatic heterocycles. The van der Waals surface area contributed by atoms with Gasteiger partial charge in [0.25, 0.3) is 0 Å². The Hall–Kier alpha value is -2.90. The number of hydrogen-bond donors (Lipinski definition) is 1. The molecule has 1 aromatic heterocycles. The topological polar surface area (TPSA) is 74.5 Å². The lowest BCUT2D eigenvalue weighted by Gasteiger charge is -2.35. The molecule has 0 bridgehead atoms. The van der Waals surface area contributed by atoms with Crippen molar-refractivity contribution in [2.75, 3.05) is 43.4 Å². The molecule has 0 atom stereocenters. The minimum absolute atomic E-state index is 0.0852. The molecule has 4 rings (SSSR count). The molecule has 3 aromatic rings. The number of carbonyl (C=O) groups is 1. The summed E-state index contributed by atoms with van der Waals surface area (Å²) < 4.78 is 5.28. The standard InChI is InChI=1S/C23H26ClN5O2/c1-16-15-19(7-8-20(16)29-13-11-28(2)12-14-29)25-21(30)9-10-22-26-23(27-31-22)17-3-5-18(24)6-4-17/h3-8,15H,9-14H2,1-2H3,(H,25,30). The van der Waals surface area contributed by atoms with Gasteiger partial charge in [0.1, 0.15) is 0 Å². The number of nitrogens with zero attached hydrogens (tertiary/aromatic N) is 4. The van der Waals surface area contributed by atoms with Crippen molar-refractivity contribution in [3.05, 3.63) is 58.9 Å². The summed E-state index contributed by atoms with van der Waals surface area (Å²) in [7, 11) is 2.15. The molecule has 0 aliphatic carbocycles. The summed E-state index contributed by atoms with van der Waals surface area (Å²) in [6.07, 6.45) is 0.645. The number of carbonyl (C=O) groups excluding carboxylic acids is 1. The molecule has 0 radical (unpaired) electrons. The van der Waals surface area contributed by atoms with Crippen LogP contribution in [-0.2, 0) is 11.2 Å². The summed E-state index contributed by atoms with van der Waals surface area (Å²) in [4.78, 5) is 21.5. The first kappa shape index (κ1) is 21.3. The minimum Gasteiger partial charge on any atom is -0.369 e. The Morgan fingerprint density at radius 2 is 1.87 bits per heavy atom. The average Bonchev–Trinajstić information content (AvgIpc) is 3.23. The SMILES string of the molecule is Cc1cc(NC(=O)CCc2nc(-c3ccc(Cl)cc3)no2)ccc1N1CCN(C)CC1. The van der Waals surface area contributed by atoms with E-state index in [0.29, 0.717) is 23.2 Å². The van der Waals surface area contributed by atoms with Crippen molar-refractivity contribution in [3.63, 3.8) is 0 Å². The number of aromatic nitrogens is 2. The first-order valence-corrected chi connectivity index (χ1v) is 10.8. The van der Waals surface area contributed by atoms with E-state index in [1.807, 2.05) is 24.3 Å². The monoisotopic (exact) mass is 439 g/mol. The lowest BCUT2D eigenvalue weighted by atomic mass is 10.1. The van der Waals surface area contributed by atoms with Gasteiger partial charge >= 0.3 is 0 Å². The van der Waals surface area contributed by atoms with Gasteiger partial charge < -0.3 is 19.6 Å². The number of piperazine rings is 1. The molecule has 31 heavy (non-hydrogen) atoms. The number of hydrogen-bond acceptors (Lipinski definition) is 6. The summed E-state index contributed by atoms with van der Waals surface area (Å²) in [5, 5.41) is 7.59. The van der Waals surface area contributed by atoms with Gasteiger partial charge in [-0.05, 0) is 62.0 Å². The van der Waals surface area contributed by atoms with E-state index in [4.69, 9.17) is 16.1 Å². The number of benzene rings is 2. The lowest BCUT2D eigenvalue weighted by Crippen LogP contribution is -2.44. The molecule has 8 heteroatoms. The highest BCUT2D eigenvalue weighted by atomic mass is 35.5. The smallest absolute Gasteiger partial charge is 0.227 e. The third kappa shape index (κ3) is 5.42. The van der Waals surface area contributed by atoms with Crippen LogP contribution in [0.5, 0.6) is 0 Å². The number of rotatable bonds is 6. The maximum Gasteiger partial charge on any atom is 0.227 e. The zero-order valence-electron chi connectivity index (χ0n) is 17.8.